The van der Waals surface area contributed by atoms with Crippen molar-refractivity contribution in [2.45, 2.75) is 18.6 Å². The zero-order valence-electron chi connectivity index (χ0n) is 7.12. The fraction of sp³-hybridized carbons (Fsp3) is 0.300. The molecule has 0 N–H and O–H groups in total. The van der Waals surface area contributed by atoms with Crippen molar-refractivity contribution in [2.75, 3.05) is 0 Å². The lowest BCUT2D eigenvalue weighted by Crippen LogP contribution is -2.05. The molecule has 0 aromatic heterocycles. The summed E-state index contributed by atoms with van der Waals surface area (Å²) in [5, 5.41) is 8.68. The van der Waals surface area contributed by atoms with Crippen LogP contribution >= 0.6 is 22.6 Å². The predicted octanol–water partition coefficient (Wildman–Crippen LogP) is 2.43. The minimum atomic E-state index is -0.362. The minimum Gasteiger partial charge on any atom is -0.345 e. The van der Waals surface area contributed by atoms with Gasteiger partial charge in [-0.2, -0.15) is 5.26 Å². The fourth-order valence-electron chi connectivity index (χ4n) is 1.36. The van der Waals surface area contributed by atoms with Crippen molar-refractivity contribution < 1.29 is 4.74 Å². The molecule has 1 aliphatic heterocycles. The average molecular weight is 285 g/mol. The van der Waals surface area contributed by atoms with E-state index in [0.717, 1.165) is 5.56 Å². The van der Waals surface area contributed by atoms with Crippen LogP contribution in [0.1, 0.15) is 12.5 Å². The van der Waals surface area contributed by atoms with Crippen molar-refractivity contribution in [3.8, 4) is 6.07 Å². The maximum atomic E-state index is 8.68. The smallest absolute Gasteiger partial charge is 0.178 e. The topological polar surface area (TPSA) is 36.3 Å². The third-order valence-corrected chi connectivity index (χ3v) is 3.06. The van der Waals surface area contributed by atoms with Gasteiger partial charge in [0.15, 0.2) is 6.10 Å². The Morgan fingerprint density at radius 1 is 1.46 bits per heavy atom. The molecule has 1 fully saturated rings. The first-order chi connectivity index (χ1) is 6.16. The maximum Gasteiger partial charge on any atom is 0.178 e. The fourth-order valence-corrected chi connectivity index (χ4v) is 1.72. The lowest BCUT2D eigenvalue weighted by atomic mass is 9.98. The van der Waals surface area contributed by atoms with E-state index >= 15 is 0 Å². The molecule has 1 aliphatic rings. The van der Waals surface area contributed by atoms with Gasteiger partial charge in [-0.25, -0.2) is 0 Å². The molecular weight excluding hydrogens is 277 g/mol. The quantitative estimate of drug-likeness (QED) is 0.587. The van der Waals surface area contributed by atoms with Crippen LogP contribution in [0, 0.1) is 14.9 Å². The van der Waals surface area contributed by atoms with Crippen LogP contribution in [0.5, 0.6) is 0 Å². The summed E-state index contributed by atoms with van der Waals surface area (Å²) < 4.78 is 6.51. The second-order valence-corrected chi connectivity index (χ2v) is 4.49. The summed E-state index contributed by atoms with van der Waals surface area (Å²) >= 11 is 2.25. The Morgan fingerprint density at radius 2 is 2.08 bits per heavy atom. The Hall–Kier alpha value is -0.600. The second-order valence-electron chi connectivity index (χ2n) is 3.24. The number of nitriles is 1. The highest BCUT2D eigenvalue weighted by Gasteiger charge is 2.54. The number of ether oxygens (including phenoxy) is 1. The van der Waals surface area contributed by atoms with Crippen LogP contribution in [0.25, 0.3) is 0 Å². The zero-order valence-corrected chi connectivity index (χ0v) is 9.28. The van der Waals surface area contributed by atoms with E-state index in [9.17, 15) is 0 Å². The Morgan fingerprint density at radius 3 is 2.54 bits per heavy atom. The van der Waals surface area contributed by atoms with Crippen molar-refractivity contribution >= 4 is 22.6 Å². The number of halogens is 1. The van der Waals surface area contributed by atoms with Gasteiger partial charge in [-0.1, -0.05) is 12.1 Å². The van der Waals surface area contributed by atoms with Crippen LogP contribution in [0.2, 0.25) is 0 Å². The highest BCUT2D eigenvalue weighted by Crippen LogP contribution is 2.45. The Balaban J connectivity index is 2.29. The van der Waals surface area contributed by atoms with Gasteiger partial charge >= 0.3 is 0 Å². The first-order valence-electron chi connectivity index (χ1n) is 4.00. The Kier molecular flexibility index (Phi) is 2.05. The first-order valence-corrected chi connectivity index (χ1v) is 5.08. The molecule has 1 heterocycles. The number of rotatable bonds is 1. The zero-order chi connectivity index (χ0) is 9.47. The van der Waals surface area contributed by atoms with Crippen LogP contribution in [0.4, 0.5) is 0 Å². The first kappa shape index (κ1) is 8.97. The summed E-state index contributed by atoms with van der Waals surface area (Å²) in [6.07, 6.45) is -0.271. The summed E-state index contributed by atoms with van der Waals surface area (Å²) in [6, 6.07) is 10.2. The molecule has 1 saturated heterocycles. The average Bonchev–Trinajstić information content (AvgIpc) is 2.80. The molecule has 2 rings (SSSR count). The van der Waals surface area contributed by atoms with E-state index in [4.69, 9.17) is 10.00 Å². The van der Waals surface area contributed by atoms with Gasteiger partial charge in [-0.15, -0.1) is 0 Å². The van der Waals surface area contributed by atoms with Gasteiger partial charge in [0.05, 0.1) is 6.07 Å². The van der Waals surface area contributed by atoms with Gasteiger partial charge < -0.3 is 4.74 Å². The van der Waals surface area contributed by atoms with Crippen molar-refractivity contribution in [1.29, 1.82) is 5.26 Å². The third kappa shape index (κ3) is 1.45. The lowest BCUT2D eigenvalue weighted by molar-refractivity contribution is 0.321. The highest BCUT2D eigenvalue weighted by atomic mass is 127. The Bertz CT molecular complexity index is 368. The molecule has 2 unspecified atom stereocenters. The largest absolute Gasteiger partial charge is 0.345 e. The molecule has 0 radical (unpaired) electrons. The molecule has 3 heteroatoms. The molecule has 0 saturated carbocycles. The molecule has 1 aromatic carbocycles. The van der Waals surface area contributed by atoms with E-state index in [1.165, 1.54) is 3.57 Å². The molecular formula is C10H8INO. The van der Waals surface area contributed by atoms with Crippen molar-refractivity contribution in [2.24, 2.45) is 0 Å². The Labute approximate surface area is 90.7 Å². The number of epoxide rings is 1. The van der Waals surface area contributed by atoms with E-state index in [1.807, 2.05) is 31.2 Å². The molecule has 1 aromatic rings. The summed E-state index contributed by atoms with van der Waals surface area (Å²) in [5.41, 5.74) is 0.721. The predicted molar refractivity (Wildman–Crippen MR) is 57.0 cm³/mol. The molecule has 0 amide bonds. The summed E-state index contributed by atoms with van der Waals surface area (Å²) in [7, 11) is 0. The summed E-state index contributed by atoms with van der Waals surface area (Å²) in [6.45, 7) is 1.95. The van der Waals surface area contributed by atoms with Gasteiger partial charge in [0.25, 0.3) is 0 Å². The molecule has 0 aliphatic carbocycles. The second kappa shape index (κ2) is 2.96. The molecule has 66 valence electrons. The van der Waals surface area contributed by atoms with Crippen LogP contribution in [-0.2, 0) is 10.3 Å². The van der Waals surface area contributed by atoms with Crippen LogP contribution in [-0.4, -0.2) is 6.10 Å². The maximum absolute atomic E-state index is 8.68. The van der Waals surface area contributed by atoms with E-state index in [-0.39, 0.29) is 11.7 Å². The van der Waals surface area contributed by atoms with Crippen LogP contribution in [0.3, 0.4) is 0 Å². The third-order valence-electron chi connectivity index (χ3n) is 2.34. The van der Waals surface area contributed by atoms with Crippen LogP contribution in [0.15, 0.2) is 24.3 Å². The van der Waals surface area contributed by atoms with E-state index in [1.54, 1.807) is 0 Å². The number of nitrogens with zero attached hydrogens (tertiary/aromatic N) is 1. The van der Waals surface area contributed by atoms with Gasteiger partial charge in [0.1, 0.15) is 5.60 Å². The van der Waals surface area contributed by atoms with E-state index in [2.05, 4.69) is 28.7 Å². The highest BCUT2D eigenvalue weighted by molar-refractivity contribution is 14.1. The van der Waals surface area contributed by atoms with Gasteiger partial charge in [0.2, 0.25) is 0 Å². The van der Waals surface area contributed by atoms with Crippen molar-refractivity contribution in [1.82, 2.24) is 0 Å². The minimum absolute atomic E-state index is 0.271. The summed E-state index contributed by atoms with van der Waals surface area (Å²) in [4.78, 5) is 0. The SMILES string of the molecule is CC1(c2ccc(I)cc2)OC1C#N. The van der Waals surface area contributed by atoms with Crippen LogP contribution < -0.4 is 0 Å². The van der Waals surface area contributed by atoms with Crippen molar-refractivity contribution in [3.63, 3.8) is 0 Å². The van der Waals surface area contributed by atoms with Gasteiger partial charge in [0, 0.05) is 3.57 Å². The summed E-state index contributed by atoms with van der Waals surface area (Å²) in [5.74, 6) is 0. The molecule has 2 nitrogen and oxygen atoms in total. The monoisotopic (exact) mass is 285 g/mol. The van der Waals surface area contributed by atoms with Gasteiger partial charge in [-0.3, -0.25) is 0 Å². The number of benzene rings is 1. The molecule has 0 bridgehead atoms. The molecule has 2 atom stereocenters. The lowest BCUT2D eigenvalue weighted by Gasteiger charge is -2.04. The van der Waals surface area contributed by atoms with E-state index in [0.29, 0.717) is 0 Å². The van der Waals surface area contributed by atoms with Crippen molar-refractivity contribution in [3.05, 3.63) is 33.4 Å². The number of hydrogen-bond acceptors (Lipinski definition) is 2. The number of hydrogen-bond donors (Lipinski definition) is 0. The normalized spacial score (nSPS) is 31.0. The molecule has 13 heavy (non-hydrogen) atoms. The molecule has 0 spiro atoms. The standard InChI is InChI=1S/C10H8INO/c1-10(9(6-12)13-10)7-2-4-8(11)5-3-7/h2-5,9H,1H3. The van der Waals surface area contributed by atoms with Gasteiger partial charge in [-0.05, 0) is 47.2 Å². The van der Waals surface area contributed by atoms with E-state index < -0.39 is 0 Å².